The van der Waals surface area contributed by atoms with Crippen LogP contribution in [0.4, 0.5) is 5.69 Å². The van der Waals surface area contributed by atoms with Gasteiger partial charge in [-0.3, -0.25) is 13.9 Å². The average molecular weight is 681 g/mol. The van der Waals surface area contributed by atoms with E-state index in [2.05, 4.69) is 21.2 Å². The van der Waals surface area contributed by atoms with Crippen LogP contribution in [0.1, 0.15) is 36.8 Å². The Morgan fingerprint density at radius 2 is 1.63 bits per heavy atom. The fourth-order valence-corrected chi connectivity index (χ4v) is 6.78. The Balaban J connectivity index is 1.74. The van der Waals surface area contributed by atoms with Crippen molar-refractivity contribution in [2.24, 2.45) is 0 Å². The van der Waals surface area contributed by atoms with Crippen molar-refractivity contribution in [2.75, 3.05) is 17.1 Å². The van der Waals surface area contributed by atoms with Crippen LogP contribution < -0.4 is 9.62 Å². The molecule has 0 bridgehead atoms. The van der Waals surface area contributed by atoms with Crippen molar-refractivity contribution in [2.45, 2.75) is 50.7 Å². The summed E-state index contributed by atoms with van der Waals surface area (Å²) in [6, 6.07) is 20.7. The minimum absolute atomic E-state index is 0.0192. The van der Waals surface area contributed by atoms with Crippen LogP contribution in [0.3, 0.4) is 0 Å². The van der Waals surface area contributed by atoms with E-state index >= 15 is 0 Å². The molecule has 11 heteroatoms. The van der Waals surface area contributed by atoms with Gasteiger partial charge in [0.2, 0.25) is 21.8 Å². The third kappa shape index (κ3) is 8.47. The largest absolute Gasteiger partial charge is 0.352 e. The molecule has 41 heavy (non-hydrogen) atoms. The average Bonchev–Trinajstić information content (AvgIpc) is 3.44. The number of amides is 2. The minimum atomic E-state index is -3.95. The van der Waals surface area contributed by atoms with Gasteiger partial charge < -0.3 is 10.2 Å². The highest BCUT2D eigenvalue weighted by Crippen LogP contribution is 2.34. The lowest BCUT2D eigenvalue weighted by molar-refractivity contribution is -0.140. The van der Waals surface area contributed by atoms with Gasteiger partial charge in [-0.25, -0.2) is 8.42 Å². The summed E-state index contributed by atoms with van der Waals surface area (Å²) in [5.74, 6) is -0.815. The van der Waals surface area contributed by atoms with Gasteiger partial charge in [0, 0.05) is 23.5 Å². The number of carbonyl (C=O) groups excluding carboxylic acids is 2. The molecule has 1 fully saturated rings. The Kier molecular flexibility index (Phi) is 10.7. The summed E-state index contributed by atoms with van der Waals surface area (Å²) in [4.78, 5) is 29.5. The maximum atomic E-state index is 14.2. The third-order valence-electron chi connectivity index (χ3n) is 7.09. The number of benzene rings is 3. The molecule has 3 aromatic carbocycles. The highest BCUT2D eigenvalue weighted by Gasteiger charge is 2.34. The summed E-state index contributed by atoms with van der Waals surface area (Å²) in [6.45, 7) is -0.469. The van der Waals surface area contributed by atoms with E-state index in [-0.39, 0.29) is 40.6 Å². The van der Waals surface area contributed by atoms with Crippen LogP contribution in [0.2, 0.25) is 10.0 Å². The van der Waals surface area contributed by atoms with E-state index in [1.807, 2.05) is 54.6 Å². The molecule has 1 saturated carbocycles. The summed E-state index contributed by atoms with van der Waals surface area (Å²) < 4.78 is 27.7. The van der Waals surface area contributed by atoms with Crippen LogP contribution in [-0.4, -0.2) is 50.0 Å². The second-order valence-electron chi connectivity index (χ2n) is 10.2. The molecule has 0 unspecified atom stereocenters. The fourth-order valence-electron chi connectivity index (χ4n) is 5.03. The van der Waals surface area contributed by atoms with E-state index in [1.165, 1.54) is 11.0 Å². The molecule has 0 radical (unpaired) electrons. The first-order valence-electron chi connectivity index (χ1n) is 13.3. The predicted octanol–water partition coefficient (Wildman–Crippen LogP) is 6.22. The summed E-state index contributed by atoms with van der Waals surface area (Å²) in [5, 5.41) is 3.33. The molecule has 1 atom stereocenters. The molecule has 0 heterocycles. The Bertz CT molecular complexity index is 1480. The molecule has 1 N–H and O–H groups in total. The van der Waals surface area contributed by atoms with E-state index in [4.69, 9.17) is 23.2 Å². The fraction of sp³-hybridized carbons (Fsp3) is 0.333. The molecule has 2 amide bonds. The Morgan fingerprint density at radius 1 is 0.976 bits per heavy atom. The van der Waals surface area contributed by atoms with Crippen LogP contribution in [0.5, 0.6) is 0 Å². The normalized spacial score (nSPS) is 14.4. The van der Waals surface area contributed by atoms with Crippen LogP contribution in [0, 0.1) is 0 Å². The lowest BCUT2D eigenvalue weighted by Gasteiger charge is -2.34. The number of nitrogens with zero attached hydrogens (tertiary/aromatic N) is 2. The van der Waals surface area contributed by atoms with Gasteiger partial charge in [0.1, 0.15) is 12.6 Å². The molecule has 0 aliphatic heterocycles. The van der Waals surface area contributed by atoms with Crippen molar-refractivity contribution in [3.8, 4) is 0 Å². The topological polar surface area (TPSA) is 86.8 Å². The van der Waals surface area contributed by atoms with Gasteiger partial charge in [0.25, 0.3) is 0 Å². The molecular formula is C30H32BrCl2N3O4S. The SMILES string of the molecule is CS(=O)(=O)N(CC(=O)N(Cc1cccc(Br)c1)[C@@H](Cc1ccccc1)C(=O)NC1CCCC1)c1cccc(Cl)c1Cl. The molecule has 7 nitrogen and oxygen atoms in total. The molecule has 1 aliphatic rings. The number of nitrogens with one attached hydrogen (secondary N) is 1. The summed E-state index contributed by atoms with van der Waals surface area (Å²) in [5.41, 5.74) is 1.75. The van der Waals surface area contributed by atoms with Gasteiger partial charge in [-0.05, 0) is 48.2 Å². The molecule has 218 valence electrons. The van der Waals surface area contributed by atoms with Gasteiger partial charge in [0.15, 0.2) is 0 Å². The van der Waals surface area contributed by atoms with E-state index in [0.717, 1.165) is 51.8 Å². The van der Waals surface area contributed by atoms with Gasteiger partial charge in [-0.1, -0.05) is 101 Å². The number of rotatable bonds is 11. The summed E-state index contributed by atoms with van der Waals surface area (Å²) >= 11 is 16.1. The van der Waals surface area contributed by atoms with Crippen molar-refractivity contribution in [1.29, 1.82) is 0 Å². The molecule has 0 spiro atoms. The Morgan fingerprint density at radius 3 is 2.29 bits per heavy atom. The maximum Gasteiger partial charge on any atom is 0.244 e. The zero-order valence-electron chi connectivity index (χ0n) is 22.6. The van der Waals surface area contributed by atoms with Crippen LogP contribution in [0.15, 0.2) is 77.3 Å². The summed E-state index contributed by atoms with van der Waals surface area (Å²) in [7, 11) is -3.95. The third-order valence-corrected chi connectivity index (χ3v) is 9.52. The van der Waals surface area contributed by atoms with E-state index in [1.54, 1.807) is 12.1 Å². The highest BCUT2D eigenvalue weighted by molar-refractivity contribution is 9.10. The minimum Gasteiger partial charge on any atom is -0.352 e. The van der Waals surface area contributed by atoms with Crippen molar-refractivity contribution in [3.05, 3.63) is 98.4 Å². The standard InChI is InChI=1S/C30H32BrCl2N3O4S/c1-41(39,40)36(26-16-8-15-25(32)29(26)33)20-28(37)35(19-22-11-7-12-23(31)17-22)27(18-21-9-3-2-4-10-21)30(38)34-24-13-5-6-14-24/h2-4,7-12,15-17,24,27H,5-6,13-14,18-20H2,1H3,(H,34,38)/t27-/m0/s1. The number of halogens is 3. The first-order chi connectivity index (χ1) is 19.5. The zero-order chi connectivity index (χ0) is 29.6. The van der Waals surface area contributed by atoms with Crippen molar-refractivity contribution < 1.29 is 18.0 Å². The van der Waals surface area contributed by atoms with Crippen molar-refractivity contribution in [1.82, 2.24) is 10.2 Å². The van der Waals surface area contributed by atoms with E-state index in [9.17, 15) is 18.0 Å². The molecule has 4 rings (SSSR count). The molecular weight excluding hydrogens is 649 g/mol. The van der Waals surface area contributed by atoms with E-state index < -0.39 is 28.5 Å². The van der Waals surface area contributed by atoms with Crippen molar-refractivity contribution in [3.63, 3.8) is 0 Å². The molecule has 1 aliphatic carbocycles. The quantitative estimate of drug-likeness (QED) is 0.261. The van der Waals surface area contributed by atoms with Gasteiger partial charge in [0.05, 0.1) is 22.0 Å². The van der Waals surface area contributed by atoms with Crippen LogP contribution >= 0.6 is 39.1 Å². The van der Waals surface area contributed by atoms with E-state index in [0.29, 0.717) is 0 Å². The number of sulfonamides is 1. The first-order valence-corrected chi connectivity index (χ1v) is 16.7. The molecule has 0 aromatic heterocycles. The monoisotopic (exact) mass is 679 g/mol. The second kappa shape index (κ2) is 14.1. The highest BCUT2D eigenvalue weighted by atomic mass is 79.9. The van der Waals surface area contributed by atoms with Gasteiger partial charge >= 0.3 is 0 Å². The van der Waals surface area contributed by atoms with Crippen LogP contribution in [0.25, 0.3) is 0 Å². The van der Waals surface area contributed by atoms with Crippen molar-refractivity contribution >= 4 is 66.7 Å². The maximum absolute atomic E-state index is 14.2. The number of hydrogen-bond donors (Lipinski definition) is 1. The Hall–Kier alpha value is -2.59. The van der Waals surface area contributed by atoms with Gasteiger partial charge in [-0.15, -0.1) is 0 Å². The first kappa shape index (κ1) is 31.3. The smallest absolute Gasteiger partial charge is 0.244 e. The second-order valence-corrected chi connectivity index (χ2v) is 13.8. The number of anilines is 1. The van der Waals surface area contributed by atoms with Gasteiger partial charge in [-0.2, -0.15) is 0 Å². The predicted molar refractivity (Wildman–Crippen MR) is 168 cm³/mol. The lowest BCUT2D eigenvalue weighted by atomic mass is 10.0. The lowest BCUT2D eigenvalue weighted by Crippen LogP contribution is -2.54. The Labute approximate surface area is 260 Å². The molecule has 0 saturated heterocycles. The van der Waals surface area contributed by atoms with Crippen LogP contribution in [-0.2, 0) is 32.6 Å². The molecule has 3 aromatic rings. The number of carbonyl (C=O) groups is 2. The number of hydrogen-bond acceptors (Lipinski definition) is 4. The summed E-state index contributed by atoms with van der Waals surface area (Å²) in [6.07, 6.45) is 5.12. The zero-order valence-corrected chi connectivity index (χ0v) is 26.5.